The molecule has 0 fully saturated rings. The van der Waals surface area contributed by atoms with Crippen molar-refractivity contribution in [1.29, 1.82) is 0 Å². The van der Waals surface area contributed by atoms with Crippen LogP contribution in [0.15, 0.2) is 60.0 Å². The van der Waals surface area contributed by atoms with Crippen molar-refractivity contribution >= 4 is 23.2 Å². The molecule has 5 nitrogen and oxygen atoms in total. The summed E-state index contributed by atoms with van der Waals surface area (Å²) in [4.78, 5) is 32.5. The number of rotatable bonds is 13. The first-order valence-electron chi connectivity index (χ1n) is 14.3. The predicted octanol–water partition coefficient (Wildman–Crippen LogP) is 6.83. The zero-order valence-electron chi connectivity index (χ0n) is 23.7. The summed E-state index contributed by atoms with van der Waals surface area (Å²) in [6.07, 6.45) is 7.45. The summed E-state index contributed by atoms with van der Waals surface area (Å²) in [6.45, 7) is 6.02. The van der Waals surface area contributed by atoms with E-state index in [1.54, 1.807) is 23.3 Å². The van der Waals surface area contributed by atoms with Crippen molar-refractivity contribution in [2.45, 2.75) is 64.8 Å². The van der Waals surface area contributed by atoms with Gasteiger partial charge in [-0.3, -0.25) is 9.59 Å². The Kier molecular flexibility index (Phi) is 10.7. The predicted molar refractivity (Wildman–Crippen MR) is 159 cm³/mol. The molecule has 1 aliphatic rings. The van der Waals surface area contributed by atoms with E-state index >= 15 is 0 Å². The minimum absolute atomic E-state index is 0.0178. The highest BCUT2D eigenvalue weighted by molar-refractivity contribution is 7.10. The monoisotopic (exact) mass is 546 g/mol. The maximum Gasteiger partial charge on any atom is 0.254 e. The van der Waals surface area contributed by atoms with E-state index in [1.807, 2.05) is 17.0 Å². The first kappa shape index (κ1) is 29.0. The molecule has 4 rings (SSSR count). The number of benzene rings is 2. The second-order valence-electron chi connectivity index (χ2n) is 10.5. The van der Waals surface area contributed by atoms with Crippen molar-refractivity contribution in [3.8, 4) is 0 Å². The Morgan fingerprint density at radius 2 is 1.77 bits per heavy atom. The zero-order chi connectivity index (χ0) is 27.6. The van der Waals surface area contributed by atoms with Gasteiger partial charge >= 0.3 is 0 Å². The topological polar surface area (TPSA) is 49.9 Å². The summed E-state index contributed by atoms with van der Waals surface area (Å²) in [5, 5.41) is 2.12. The number of thiophene rings is 1. The third kappa shape index (κ3) is 7.58. The molecule has 0 spiro atoms. The highest BCUT2D eigenvalue weighted by Gasteiger charge is 2.34. The van der Waals surface area contributed by atoms with E-state index in [-0.39, 0.29) is 24.4 Å². The molecule has 1 atom stereocenters. The van der Waals surface area contributed by atoms with Crippen LogP contribution in [-0.2, 0) is 22.4 Å². The van der Waals surface area contributed by atoms with Crippen LogP contribution in [0.2, 0.25) is 0 Å². The summed E-state index contributed by atoms with van der Waals surface area (Å²) in [5.41, 5.74) is 5.40. The van der Waals surface area contributed by atoms with Gasteiger partial charge in [-0.05, 0) is 72.9 Å². The van der Waals surface area contributed by atoms with Crippen LogP contribution in [-0.4, -0.2) is 55.0 Å². The van der Waals surface area contributed by atoms with Gasteiger partial charge in [0.15, 0.2) is 0 Å². The first-order chi connectivity index (χ1) is 19.0. The second kappa shape index (κ2) is 14.4. The third-order valence-electron chi connectivity index (χ3n) is 7.59. The molecule has 2 heterocycles. The lowest BCUT2D eigenvalue weighted by Gasteiger charge is -2.37. The van der Waals surface area contributed by atoms with Crippen molar-refractivity contribution in [1.82, 2.24) is 9.80 Å². The number of hydrogen-bond acceptors (Lipinski definition) is 4. The molecule has 0 radical (unpaired) electrons. The van der Waals surface area contributed by atoms with Crippen molar-refractivity contribution < 1.29 is 14.3 Å². The summed E-state index contributed by atoms with van der Waals surface area (Å²) >= 11 is 1.76. The van der Waals surface area contributed by atoms with Crippen LogP contribution in [0.4, 0.5) is 0 Å². The van der Waals surface area contributed by atoms with Gasteiger partial charge in [-0.15, -0.1) is 11.3 Å². The minimum Gasteiger partial charge on any atom is -0.385 e. The molecule has 2 aromatic carbocycles. The molecule has 0 aliphatic carbocycles. The number of amides is 2. The van der Waals surface area contributed by atoms with Gasteiger partial charge in [-0.2, -0.15) is 0 Å². The Morgan fingerprint density at radius 1 is 1.00 bits per heavy atom. The summed E-state index contributed by atoms with van der Waals surface area (Å²) in [6, 6.07) is 18.4. The fourth-order valence-corrected chi connectivity index (χ4v) is 6.26. The number of nitrogens with zero attached hydrogens (tertiary/aromatic N) is 2. The van der Waals surface area contributed by atoms with Crippen molar-refractivity contribution in [3.63, 3.8) is 0 Å². The van der Waals surface area contributed by atoms with E-state index < -0.39 is 0 Å². The molecule has 0 N–H and O–H groups in total. The van der Waals surface area contributed by atoms with Gasteiger partial charge in [0.1, 0.15) is 6.54 Å². The van der Waals surface area contributed by atoms with Crippen LogP contribution in [0.3, 0.4) is 0 Å². The Labute approximate surface area is 237 Å². The van der Waals surface area contributed by atoms with E-state index in [0.717, 1.165) is 18.4 Å². The Balaban J connectivity index is 1.51. The van der Waals surface area contributed by atoms with Crippen LogP contribution in [0.5, 0.6) is 0 Å². The van der Waals surface area contributed by atoms with E-state index in [9.17, 15) is 9.59 Å². The lowest BCUT2D eigenvalue weighted by Crippen LogP contribution is -2.47. The van der Waals surface area contributed by atoms with Crippen LogP contribution >= 0.6 is 11.3 Å². The van der Waals surface area contributed by atoms with Crippen molar-refractivity contribution in [3.05, 3.63) is 92.7 Å². The molecule has 6 heteroatoms. The average Bonchev–Trinajstić information content (AvgIpc) is 3.44. The van der Waals surface area contributed by atoms with Gasteiger partial charge in [0.05, 0.1) is 6.04 Å². The van der Waals surface area contributed by atoms with Gasteiger partial charge < -0.3 is 14.5 Å². The summed E-state index contributed by atoms with van der Waals surface area (Å²) in [7, 11) is 1.66. The number of unbranched alkanes of at least 4 members (excludes halogenated alkanes) is 3. The maximum absolute atomic E-state index is 13.9. The molecular weight excluding hydrogens is 504 g/mol. The number of aryl methyl sites for hydroxylation is 2. The van der Waals surface area contributed by atoms with Crippen molar-refractivity contribution in [2.75, 3.05) is 33.4 Å². The first-order valence-corrected chi connectivity index (χ1v) is 15.2. The fourth-order valence-electron chi connectivity index (χ4n) is 5.35. The number of hydrogen-bond donors (Lipinski definition) is 0. The largest absolute Gasteiger partial charge is 0.385 e. The van der Waals surface area contributed by atoms with E-state index in [2.05, 4.69) is 61.7 Å². The Bertz CT molecular complexity index is 1200. The highest BCUT2D eigenvalue weighted by atomic mass is 32.1. The molecule has 0 bridgehead atoms. The van der Waals surface area contributed by atoms with Gasteiger partial charge in [0, 0.05) is 37.2 Å². The number of ether oxygens (including phenoxy) is 1. The fraction of sp³-hybridized carbons (Fsp3) is 0.455. The molecule has 0 saturated heterocycles. The molecule has 0 saturated carbocycles. The molecule has 2 amide bonds. The average molecular weight is 547 g/mol. The van der Waals surface area contributed by atoms with Gasteiger partial charge in [0.25, 0.3) is 5.91 Å². The SMILES string of the molecule is CCCCCCc1ccc(C(=O)N(CCCOC)CC(=O)N2CCc3sccc3C2c2ccc(C)cc2)cc1. The zero-order valence-corrected chi connectivity index (χ0v) is 24.5. The number of carbonyl (C=O) groups excluding carboxylic acids is 2. The number of carbonyl (C=O) groups is 2. The molecule has 1 aliphatic heterocycles. The smallest absolute Gasteiger partial charge is 0.254 e. The van der Waals surface area contributed by atoms with E-state index in [4.69, 9.17) is 4.74 Å². The maximum atomic E-state index is 13.9. The molecule has 3 aromatic rings. The Hall–Kier alpha value is -2.96. The quantitative estimate of drug-likeness (QED) is 0.221. The molecular formula is C33H42N2O3S. The van der Waals surface area contributed by atoms with Gasteiger partial charge in [-0.25, -0.2) is 0 Å². The third-order valence-corrected chi connectivity index (χ3v) is 8.59. The van der Waals surface area contributed by atoms with E-state index in [0.29, 0.717) is 31.7 Å². The molecule has 39 heavy (non-hydrogen) atoms. The van der Waals surface area contributed by atoms with Crippen LogP contribution in [0.25, 0.3) is 0 Å². The van der Waals surface area contributed by atoms with Gasteiger partial charge in [0.2, 0.25) is 5.91 Å². The normalized spacial score (nSPS) is 14.7. The van der Waals surface area contributed by atoms with Crippen LogP contribution in [0.1, 0.15) is 82.6 Å². The van der Waals surface area contributed by atoms with Crippen molar-refractivity contribution in [2.24, 2.45) is 0 Å². The number of methoxy groups -OCH3 is 1. The van der Waals surface area contributed by atoms with Gasteiger partial charge in [-0.1, -0.05) is 68.1 Å². The van der Waals surface area contributed by atoms with Crippen LogP contribution in [0, 0.1) is 6.92 Å². The number of fused-ring (bicyclic) bond motifs is 1. The van der Waals surface area contributed by atoms with E-state index in [1.165, 1.54) is 47.3 Å². The lowest BCUT2D eigenvalue weighted by molar-refractivity contribution is -0.134. The lowest BCUT2D eigenvalue weighted by atomic mass is 9.92. The standard InChI is InChI=1S/C33H42N2O3S/c1-4-5-6-7-9-26-12-16-28(17-13-26)33(37)34(20-8-22-38-3)24-31(36)35-21-18-30-29(19-23-39-30)32(35)27-14-10-25(2)11-15-27/h10-17,19,23,32H,4-9,18,20-22,24H2,1-3H3. The summed E-state index contributed by atoms with van der Waals surface area (Å²) < 4.78 is 5.25. The Morgan fingerprint density at radius 3 is 2.49 bits per heavy atom. The molecule has 208 valence electrons. The highest BCUT2D eigenvalue weighted by Crippen LogP contribution is 2.38. The molecule has 1 aromatic heterocycles. The minimum atomic E-state index is -0.129. The summed E-state index contributed by atoms with van der Waals surface area (Å²) in [5.74, 6) is -0.118. The van der Waals surface area contributed by atoms with Crippen LogP contribution < -0.4 is 0 Å². The second-order valence-corrected chi connectivity index (χ2v) is 11.5. The molecule has 1 unspecified atom stereocenters.